The molecule has 104 valence electrons. The van der Waals surface area contributed by atoms with E-state index >= 15 is 0 Å². The standard InChI is InChI=1S/C10H17BrN2O3S2/c1-7(6-17-3)13-18(14,15)9-4-8(5-12-2)16-10(9)11/h4,7,12-13H,5-6H2,1-3H3. The number of rotatable bonds is 7. The van der Waals surface area contributed by atoms with Gasteiger partial charge < -0.3 is 9.73 Å². The second-order valence-electron chi connectivity index (χ2n) is 3.86. The summed E-state index contributed by atoms with van der Waals surface area (Å²) in [6, 6.07) is 1.40. The van der Waals surface area contributed by atoms with E-state index in [1.807, 2.05) is 13.2 Å². The first-order valence-electron chi connectivity index (χ1n) is 5.34. The van der Waals surface area contributed by atoms with E-state index in [0.717, 1.165) is 5.75 Å². The van der Waals surface area contributed by atoms with Crippen LogP contribution in [0.3, 0.4) is 0 Å². The minimum absolute atomic E-state index is 0.125. The molecule has 0 radical (unpaired) electrons. The molecule has 18 heavy (non-hydrogen) atoms. The molecular formula is C10H17BrN2O3S2. The van der Waals surface area contributed by atoms with Crippen LogP contribution in [0.4, 0.5) is 0 Å². The maximum absolute atomic E-state index is 12.1. The van der Waals surface area contributed by atoms with Crippen LogP contribution in [-0.4, -0.2) is 33.5 Å². The van der Waals surface area contributed by atoms with Crippen LogP contribution in [0.5, 0.6) is 0 Å². The van der Waals surface area contributed by atoms with Crippen molar-refractivity contribution in [1.29, 1.82) is 0 Å². The Morgan fingerprint density at radius 3 is 2.78 bits per heavy atom. The average Bonchev–Trinajstić information content (AvgIpc) is 2.60. The van der Waals surface area contributed by atoms with Gasteiger partial charge in [-0.05, 0) is 36.2 Å². The molecule has 0 bridgehead atoms. The van der Waals surface area contributed by atoms with Crippen LogP contribution in [-0.2, 0) is 16.6 Å². The monoisotopic (exact) mass is 356 g/mol. The summed E-state index contributed by atoms with van der Waals surface area (Å²) in [5, 5.41) is 2.90. The minimum Gasteiger partial charge on any atom is -0.452 e. The van der Waals surface area contributed by atoms with Crippen molar-refractivity contribution in [2.45, 2.75) is 24.4 Å². The Morgan fingerprint density at radius 2 is 2.22 bits per heavy atom. The van der Waals surface area contributed by atoms with Crippen LogP contribution in [0.25, 0.3) is 0 Å². The summed E-state index contributed by atoms with van der Waals surface area (Å²) in [5.74, 6) is 1.29. The predicted molar refractivity (Wildman–Crippen MR) is 77.3 cm³/mol. The topological polar surface area (TPSA) is 71.3 Å². The molecule has 1 aromatic heterocycles. The average molecular weight is 357 g/mol. The van der Waals surface area contributed by atoms with Crippen molar-refractivity contribution in [2.75, 3.05) is 19.1 Å². The largest absolute Gasteiger partial charge is 0.452 e. The van der Waals surface area contributed by atoms with Gasteiger partial charge in [0.1, 0.15) is 10.7 Å². The van der Waals surface area contributed by atoms with Gasteiger partial charge in [0.25, 0.3) is 0 Å². The van der Waals surface area contributed by atoms with Crippen molar-refractivity contribution >= 4 is 37.7 Å². The molecule has 0 saturated heterocycles. The molecule has 1 rings (SSSR count). The van der Waals surface area contributed by atoms with Gasteiger partial charge in [-0.15, -0.1) is 0 Å². The molecule has 0 aliphatic heterocycles. The third kappa shape index (κ3) is 4.27. The number of halogens is 1. The second kappa shape index (κ2) is 6.95. The molecule has 1 unspecified atom stereocenters. The van der Waals surface area contributed by atoms with Crippen LogP contribution in [0.1, 0.15) is 12.7 Å². The molecule has 8 heteroatoms. The second-order valence-corrected chi connectivity index (χ2v) is 7.17. The van der Waals surface area contributed by atoms with Gasteiger partial charge in [0, 0.05) is 17.9 Å². The Balaban J connectivity index is 2.90. The first kappa shape index (κ1) is 16.0. The summed E-state index contributed by atoms with van der Waals surface area (Å²) in [7, 11) is -1.77. The lowest BCUT2D eigenvalue weighted by Gasteiger charge is -2.11. The molecule has 0 fully saturated rings. The molecule has 0 spiro atoms. The van der Waals surface area contributed by atoms with Crippen LogP contribution in [0, 0.1) is 0 Å². The minimum atomic E-state index is -3.54. The van der Waals surface area contributed by atoms with E-state index in [0.29, 0.717) is 12.3 Å². The zero-order valence-electron chi connectivity index (χ0n) is 10.5. The molecule has 1 aromatic rings. The summed E-state index contributed by atoms with van der Waals surface area (Å²) < 4.78 is 32.4. The molecule has 0 aliphatic rings. The highest BCUT2D eigenvalue weighted by molar-refractivity contribution is 9.10. The summed E-state index contributed by atoms with van der Waals surface area (Å²) in [6.45, 7) is 2.31. The van der Waals surface area contributed by atoms with Gasteiger partial charge in [0.15, 0.2) is 4.67 Å². The zero-order chi connectivity index (χ0) is 13.8. The van der Waals surface area contributed by atoms with Crippen molar-refractivity contribution in [1.82, 2.24) is 10.0 Å². The lowest BCUT2D eigenvalue weighted by molar-refractivity contribution is 0.470. The van der Waals surface area contributed by atoms with Gasteiger partial charge in [-0.3, -0.25) is 0 Å². The van der Waals surface area contributed by atoms with Crippen LogP contribution < -0.4 is 10.0 Å². The Hall–Kier alpha value is -0.0200. The maximum atomic E-state index is 12.1. The smallest absolute Gasteiger partial charge is 0.245 e. The Bertz CT molecular complexity index is 487. The zero-order valence-corrected chi connectivity index (χ0v) is 13.7. The van der Waals surface area contributed by atoms with E-state index < -0.39 is 10.0 Å². The van der Waals surface area contributed by atoms with Gasteiger partial charge >= 0.3 is 0 Å². The fraction of sp³-hybridized carbons (Fsp3) is 0.600. The Labute approximate surface area is 120 Å². The van der Waals surface area contributed by atoms with Gasteiger partial charge in [-0.1, -0.05) is 0 Å². The van der Waals surface area contributed by atoms with Gasteiger partial charge in [0.2, 0.25) is 10.0 Å². The quantitative estimate of drug-likeness (QED) is 0.779. The molecule has 5 nitrogen and oxygen atoms in total. The lowest BCUT2D eigenvalue weighted by atomic mass is 10.4. The van der Waals surface area contributed by atoms with Gasteiger partial charge in [0.05, 0.1) is 6.54 Å². The summed E-state index contributed by atoms with van der Waals surface area (Å²) in [6.07, 6.45) is 1.93. The van der Waals surface area contributed by atoms with Crippen LogP contribution in [0.15, 0.2) is 20.0 Å². The van der Waals surface area contributed by atoms with Gasteiger partial charge in [-0.25, -0.2) is 13.1 Å². The first-order valence-corrected chi connectivity index (χ1v) is 9.01. The number of hydrogen-bond donors (Lipinski definition) is 2. The van der Waals surface area contributed by atoms with Crippen molar-refractivity contribution < 1.29 is 12.8 Å². The van der Waals surface area contributed by atoms with E-state index in [9.17, 15) is 8.42 Å². The summed E-state index contributed by atoms with van der Waals surface area (Å²) >= 11 is 4.72. The first-order chi connectivity index (χ1) is 8.40. The van der Waals surface area contributed by atoms with Crippen molar-refractivity contribution in [3.63, 3.8) is 0 Å². The third-order valence-electron chi connectivity index (χ3n) is 2.12. The third-order valence-corrected chi connectivity index (χ3v) is 5.40. The van der Waals surface area contributed by atoms with Crippen molar-refractivity contribution in [3.8, 4) is 0 Å². The molecule has 0 aromatic carbocycles. The van der Waals surface area contributed by atoms with E-state index in [1.54, 1.807) is 18.8 Å². The fourth-order valence-corrected chi connectivity index (χ4v) is 4.38. The van der Waals surface area contributed by atoms with E-state index in [4.69, 9.17) is 4.42 Å². The molecular weight excluding hydrogens is 340 g/mol. The maximum Gasteiger partial charge on any atom is 0.245 e. The van der Waals surface area contributed by atoms with Crippen LogP contribution in [0.2, 0.25) is 0 Å². The van der Waals surface area contributed by atoms with E-state index in [-0.39, 0.29) is 15.6 Å². The fourth-order valence-electron chi connectivity index (χ4n) is 1.45. The molecule has 0 amide bonds. The Morgan fingerprint density at radius 1 is 1.56 bits per heavy atom. The molecule has 1 heterocycles. The SMILES string of the molecule is CNCc1cc(S(=O)(=O)NC(C)CSC)c(Br)o1. The molecule has 0 aliphatic carbocycles. The lowest BCUT2D eigenvalue weighted by Crippen LogP contribution is -2.34. The van der Waals surface area contributed by atoms with E-state index in [2.05, 4.69) is 26.0 Å². The Kier molecular flexibility index (Phi) is 6.19. The predicted octanol–water partition coefficient (Wildman–Crippen LogP) is 1.79. The normalized spacial score (nSPS) is 13.8. The molecule has 1 atom stereocenters. The summed E-state index contributed by atoms with van der Waals surface area (Å²) in [5.41, 5.74) is 0. The van der Waals surface area contributed by atoms with Crippen molar-refractivity contribution in [2.24, 2.45) is 0 Å². The van der Waals surface area contributed by atoms with Gasteiger partial charge in [-0.2, -0.15) is 11.8 Å². The van der Waals surface area contributed by atoms with E-state index in [1.165, 1.54) is 6.07 Å². The highest BCUT2D eigenvalue weighted by atomic mass is 79.9. The van der Waals surface area contributed by atoms with Crippen molar-refractivity contribution in [3.05, 3.63) is 16.5 Å². The number of hydrogen-bond acceptors (Lipinski definition) is 5. The molecule has 0 saturated carbocycles. The van der Waals surface area contributed by atoms with Crippen LogP contribution >= 0.6 is 27.7 Å². The number of sulfonamides is 1. The number of nitrogens with one attached hydrogen (secondary N) is 2. The number of furan rings is 1. The summed E-state index contributed by atoms with van der Waals surface area (Å²) in [4.78, 5) is 0.140. The highest BCUT2D eigenvalue weighted by Gasteiger charge is 2.23. The number of thioether (sulfide) groups is 1. The molecule has 2 N–H and O–H groups in total. The highest BCUT2D eigenvalue weighted by Crippen LogP contribution is 2.26.